The van der Waals surface area contributed by atoms with Crippen molar-refractivity contribution >= 4 is 23.1 Å². The highest BCUT2D eigenvalue weighted by molar-refractivity contribution is 6.30. The predicted octanol–water partition coefficient (Wildman–Crippen LogP) is 3.98. The molecule has 2 aromatic carbocycles. The summed E-state index contributed by atoms with van der Waals surface area (Å²) in [7, 11) is 1.51. The van der Waals surface area contributed by atoms with E-state index in [0.717, 1.165) is 22.3 Å². The fourth-order valence-electron chi connectivity index (χ4n) is 4.86. The summed E-state index contributed by atoms with van der Waals surface area (Å²) in [6, 6.07) is 11.5. The largest absolute Gasteiger partial charge is 0.573 e. The molecule has 0 saturated heterocycles. The van der Waals surface area contributed by atoms with Crippen molar-refractivity contribution in [1.29, 1.82) is 0 Å². The number of alkyl halides is 3. The summed E-state index contributed by atoms with van der Waals surface area (Å²) in [5, 5.41) is 13.6. The van der Waals surface area contributed by atoms with Gasteiger partial charge in [0.05, 0.1) is 6.10 Å². The smallest absolute Gasteiger partial charge is 0.452 e. The molecule has 2 N–H and O–H groups in total. The Hall–Kier alpha value is -3.64. The second kappa shape index (κ2) is 9.91. The number of rotatable bonds is 6. The lowest BCUT2D eigenvalue weighted by molar-refractivity contribution is -0.274. The van der Waals surface area contributed by atoms with Gasteiger partial charge in [-0.3, -0.25) is 13.9 Å². The molecule has 2 aliphatic rings. The van der Waals surface area contributed by atoms with Gasteiger partial charge in [0.2, 0.25) is 0 Å². The topological polar surface area (TPSA) is 98.0 Å². The van der Waals surface area contributed by atoms with Crippen LogP contribution in [-0.4, -0.2) is 33.1 Å². The number of nitrogens with one attached hydrogen (secondary N) is 1. The van der Waals surface area contributed by atoms with Crippen molar-refractivity contribution in [2.45, 2.75) is 50.7 Å². The number of fused-ring (bicyclic) bond motifs is 1. The average molecular weight is 553 g/mol. The third-order valence-corrected chi connectivity index (χ3v) is 6.85. The Morgan fingerprint density at radius 2 is 1.82 bits per heavy atom. The van der Waals surface area contributed by atoms with E-state index in [1.54, 1.807) is 29.2 Å². The molecule has 3 unspecified atom stereocenters. The van der Waals surface area contributed by atoms with Crippen molar-refractivity contribution in [3.8, 4) is 11.5 Å². The number of anilines is 2. The molecule has 1 fully saturated rings. The van der Waals surface area contributed by atoms with Gasteiger partial charge < -0.3 is 24.8 Å². The molecule has 0 bridgehead atoms. The Kier molecular flexibility index (Phi) is 6.78. The molecular formula is C25H24ClF3N4O5. The van der Waals surface area contributed by atoms with E-state index in [2.05, 4.69) is 10.1 Å². The number of benzene rings is 2. The lowest BCUT2D eigenvalue weighted by atomic mass is 10.2. The van der Waals surface area contributed by atoms with Crippen LogP contribution in [0.3, 0.4) is 0 Å². The molecule has 3 aromatic rings. The molecule has 0 amide bonds. The van der Waals surface area contributed by atoms with E-state index in [1.807, 2.05) is 0 Å². The average Bonchev–Trinajstić information content (AvgIpc) is 3.42. The van der Waals surface area contributed by atoms with Gasteiger partial charge in [-0.05, 0) is 49.1 Å². The lowest BCUT2D eigenvalue weighted by Crippen LogP contribution is -2.44. The summed E-state index contributed by atoms with van der Waals surface area (Å²) >= 11 is 6.02. The van der Waals surface area contributed by atoms with Gasteiger partial charge in [-0.25, -0.2) is 4.79 Å². The second-order valence-electron chi connectivity index (χ2n) is 9.23. The monoisotopic (exact) mass is 552 g/mol. The minimum absolute atomic E-state index is 0.0439. The van der Waals surface area contributed by atoms with E-state index in [9.17, 15) is 27.9 Å². The summed E-state index contributed by atoms with van der Waals surface area (Å²) in [6.07, 6.45) is -5.29. The zero-order chi connectivity index (χ0) is 27.2. The SMILES string of the molecule is Cn1c2c(c(=O)n(C3CCC(O)C3)c1=O)N(Cc1ccc(Cl)cc1)C(Oc1cccc(OC(F)(F)F)c1)N2. The number of aliphatic hydroxyl groups excluding tert-OH is 1. The number of aromatic nitrogens is 2. The number of hydrogen-bond donors (Lipinski definition) is 2. The minimum Gasteiger partial charge on any atom is -0.452 e. The number of halogens is 4. The number of hydrogen-bond acceptors (Lipinski definition) is 7. The van der Waals surface area contributed by atoms with E-state index >= 15 is 0 Å². The predicted molar refractivity (Wildman–Crippen MR) is 134 cm³/mol. The molecule has 1 aliphatic heterocycles. The molecular weight excluding hydrogens is 529 g/mol. The van der Waals surface area contributed by atoms with Crippen LogP contribution in [-0.2, 0) is 13.6 Å². The van der Waals surface area contributed by atoms with Gasteiger partial charge in [-0.1, -0.05) is 29.8 Å². The molecule has 1 aliphatic carbocycles. The second-order valence-corrected chi connectivity index (χ2v) is 9.66. The van der Waals surface area contributed by atoms with Crippen LogP contribution in [0.4, 0.5) is 24.7 Å². The normalized spacial score (nSPS) is 20.8. The van der Waals surface area contributed by atoms with Crippen LogP contribution >= 0.6 is 11.6 Å². The maximum absolute atomic E-state index is 13.8. The van der Waals surface area contributed by atoms with Gasteiger partial charge in [0.1, 0.15) is 23.0 Å². The van der Waals surface area contributed by atoms with Crippen molar-refractivity contribution in [3.63, 3.8) is 0 Å². The molecule has 9 nitrogen and oxygen atoms in total. The highest BCUT2D eigenvalue weighted by atomic mass is 35.5. The number of ether oxygens (including phenoxy) is 2. The quantitative estimate of drug-likeness (QED) is 0.477. The van der Waals surface area contributed by atoms with Gasteiger partial charge >= 0.3 is 12.1 Å². The van der Waals surface area contributed by atoms with Crippen LogP contribution in [0.5, 0.6) is 11.5 Å². The number of aliphatic hydroxyl groups is 1. The Labute approximate surface area is 219 Å². The van der Waals surface area contributed by atoms with E-state index in [-0.39, 0.29) is 30.2 Å². The van der Waals surface area contributed by atoms with Crippen LogP contribution < -0.4 is 30.9 Å². The van der Waals surface area contributed by atoms with Gasteiger partial charge in [-0.15, -0.1) is 13.2 Å². The molecule has 202 valence electrons. The molecule has 0 radical (unpaired) electrons. The van der Waals surface area contributed by atoms with Crippen molar-refractivity contribution < 1.29 is 27.8 Å². The Bertz CT molecular complexity index is 1460. The van der Waals surface area contributed by atoms with Crippen LogP contribution in [0, 0.1) is 0 Å². The molecule has 13 heteroatoms. The third kappa shape index (κ3) is 5.18. The Morgan fingerprint density at radius 1 is 1.11 bits per heavy atom. The number of nitrogens with zero attached hydrogens (tertiary/aromatic N) is 3. The summed E-state index contributed by atoms with van der Waals surface area (Å²) in [4.78, 5) is 28.5. The van der Waals surface area contributed by atoms with E-state index in [0.29, 0.717) is 17.9 Å². The highest BCUT2D eigenvalue weighted by Crippen LogP contribution is 2.35. The van der Waals surface area contributed by atoms with E-state index in [4.69, 9.17) is 16.3 Å². The molecule has 38 heavy (non-hydrogen) atoms. The maximum Gasteiger partial charge on any atom is 0.573 e. The Balaban J connectivity index is 1.55. The van der Waals surface area contributed by atoms with Crippen LogP contribution in [0.2, 0.25) is 5.02 Å². The van der Waals surface area contributed by atoms with Crippen LogP contribution in [0.25, 0.3) is 0 Å². The van der Waals surface area contributed by atoms with E-state index in [1.165, 1.54) is 23.7 Å². The van der Waals surface area contributed by atoms with Crippen molar-refractivity contribution in [3.05, 3.63) is 80.0 Å². The zero-order valence-corrected chi connectivity index (χ0v) is 20.9. The molecule has 1 aromatic heterocycles. The van der Waals surface area contributed by atoms with Gasteiger partial charge in [-0.2, -0.15) is 0 Å². The van der Waals surface area contributed by atoms with Gasteiger partial charge in [0, 0.05) is 30.7 Å². The van der Waals surface area contributed by atoms with Crippen molar-refractivity contribution in [2.75, 3.05) is 10.2 Å². The van der Waals surface area contributed by atoms with Gasteiger partial charge in [0.25, 0.3) is 11.9 Å². The third-order valence-electron chi connectivity index (χ3n) is 6.60. The van der Waals surface area contributed by atoms with Gasteiger partial charge in [0.15, 0.2) is 0 Å². The molecule has 0 spiro atoms. The summed E-state index contributed by atoms with van der Waals surface area (Å²) in [5.41, 5.74) is -0.170. The highest BCUT2D eigenvalue weighted by Gasteiger charge is 2.39. The lowest BCUT2D eigenvalue weighted by Gasteiger charge is -2.27. The first kappa shape index (κ1) is 26.0. The fourth-order valence-corrected chi connectivity index (χ4v) is 4.99. The molecule has 2 heterocycles. The summed E-state index contributed by atoms with van der Waals surface area (Å²) in [6.45, 7) is 0.154. The summed E-state index contributed by atoms with van der Waals surface area (Å²) < 4.78 is 50.6. The molecule has 5 rings (SSSR count). The van der Waals surface area contributed by atoms with Crippen LogP contribution in [0.1, 0.15) is 30.9 Å². The summed E-state index contributed by atoms with van der Waals surface area (Å²) in [5.74, 6) is -0.219. The first-order valence-corrected chi connectivity index (χ1v) is 12.2. The Morgan fingerprint density at radius 3 is 2.47 bits per heavy atom. The standard InChI is InChI=1S/C25H24ClF3N4O5/c1-31-21-20(22(35)33(24(31)36)16-9-10-17(34)11-16)32(13-14-5-7-15(26)8-6-14)23(30-21)37-18-3-2-4-19(12-18)38-25(27,28)29/h2-8,12,16-17,23,30,34H,9-11,13H2,1H3. The maximum atomic E-state index is 13.8. The zero-order valence-electron chi connectivity index (χ0n) is 20.1. The van der Waals surface area contributed by atoms with Crippen molar-refractivity contribution in [1.82, 2.24) is 9.13 Å². The minimum atomic E-state index is -4.88. The first-order valence-electron chi connectivity index (χ1n) is 11.8. The van der Waals surface area contributed by atoms with Crippen molar-refractivity contribution in [2.24, 2.45) is 7.05 Å². The van der Waals surface area contributed by atoms with Crippen LogP contribution in [0.15, 0.2) is 58.1 Å². The first-order chi connectivity index (χ1) is 18.0. The fraction of sp³-hybridized carbons (Fsp3) is 0.360. The molecule has 3 atom stereocenters. The molecule has 1 saturated carbocycles. The van der Waals surface area contributed by atoms with E-state index < -0.39 is 41.9 Å².